The molecule has 17 heavy (non-hydrogen) atoms. The Hall–Kier alpha value is -0.480. The zero-order valence-electron chi connectivity index (χ0n) is 9.58. The van der Waals surface area contributed by atoms with Crippen molar-refractivity contribution >= 4 is 20.5 Å². The minimum atomic E-state index is -4.53. The van der Waals surface area contributed by atoms with Gasteiger partial charge >= 0.3 is 10.4 Å². The number of hydrogen-bond donors (Lipinski definition) is 2. The van der Waals surface area contributed by atoms with Gasteiger partial charge in [0.1, 0.15) is 0 Å². The molecule has 0 heterocycles. The fraction of sp³-hybridized carbons (Fsp3) is 0.750. The van der Waals surface area contributed by atoms with Crippen LogP contribution in [0.1, 0.15) is 26.7 Å². The lowest BCUT2D eigenvalue weighted by Crippen LogP contribution is -2.31. The largest absolute Gasteiger partial charge is 0.397 e. The van der Waals surface area contributed by atoms with Gasteiger partial charge in [0, 0.05) is 0 Å². The van der Waals surface area contributed by atoms with Gasteiger partial charge < -0.3 is 0 Å². The Kier molecular flexibility index (Phi) is 5.29. The highest BCUT2D eigenvalue weighted by Gasteiger charge is 2.32. The van der Waals surface area contributed by atoms with Crippen LogP contribution in [0.4, 0.5) is 0 Å². The van der Waals surface area contributed by atoms with Crippen molar-refractivity contribution in [3.05, 3.63) is 12.2 Å². The Bertz CT molecular complexity index is 472. The van der Waals surface area contributed by atoms with Crippen LogP contribution >= 0.6 is 0 Å². The maximum absolute atomic E-state index is 10.9. The first-order chi connectivity index (χ1) is 7.35. The van der Waals surface area contributed by atoms with E-state index in [0.717, 1.165) is 0 Å². The Morgan fingerprint density at radius 1 is 1.24 bits per heavy atom. The summed E-state index contributed by atoms with van der Waals surface area (Å²) in [5.74, 6) is 0. The molecule has 0 radical (unpaired) electrons. The Labute approximate surface area is 101 Å². The molecule has 0 saturated heterocycles. The van der Waals surface area contributed by atoms with E-state index < -0.39 is 31.9 Å². The maximum atomic E-state index is 10.9. The van der Waals surface area contributed by atoms with Crippen LogP contribution in [0.2, 0.25) is 0 Å². The van der Waals surface area contributed by atoms with E-state index in [0.29, 0.717) is 5.57 Å². The average molecular weight is 288 g/mol. The van der Waals surface area contributed by atoms with Gasteiger partial charge in [0.05, 0.1) is 11.4 Å². The van der Waals surface area contributed by atoms with Crippen LogP contribution < -0.4 is 0 Å². The third kappa shape index (κ3) is 6.74. The second kappa shape index (κ2) is 5.44. The van der Waals surface area contributed by atoms with Crippen molar-refractivity contribution in [2.75, 3.05) is 6.61 Å². The van der Waals surface area contributed by atoms with Gasteiger partial charge in [0.2, 0.25) is 0 Å². The lowest BCUT2D eigenvalue weighted by molar-refractivity contribution is 0.287. The zero-order chi connectivity index (χ0) is 13.9. The molecular formula is C8H16O7S2. The molecule has 0 aromatic carbocycles. The van der Waals surface area contributed by atoms with Gasteiger partial charge in [-0.05, 0) is 26.7 Å². The summed E-state index contributed by atoms with van der Waals surface area (Å²) in [7, 11) is -8.72. The summed E-state index contributed by atoms with van der Waals surface area (Å²) in [4.78, 5) is 0. The van der Waals surface area contributed by atoms with Gasteiger partial charge in [-0.25, -0.2) is 4.18 Å². The number of hydrogen-bond acceptors (Lipinski definition) is 5. The zero-order valence-corrected chi connectivity index (χ0v) is 11.2. The molecule has 0 amide bonds. The lowest BCUT2D eigenvalue weighted by Gasteiger charge is -2.20. The standard InChI is InChI=1S/C8H16O7S2/c1-7(6-15-17(12,13)14)4-5-8(2,3)16(9,10)11/h1,4-6H2,2-3H3,(H,9,10,11)(H,12,13,14). The van der Waals surface area contributed by atoms with E-state index in [1.54, 1.807) is 0 Å². The van der Waals surface area contributed by atoms with Crippen LogP contribution in [-0.2, 0) is 24.7 Å². The predicted molar refractivity (Wildman–Crippen MR) is 61.5 cm³/mol. The normalized spacial score (nSPS) is 13.6. The van der Waals surface area contributed by atoms with Gasteiger partial charge in [-0.15, -0.1) is 0 Å². The highest BCUT2D eigenvalue weighted by molar-refractivity contribution is 7.87. The molecule has 0 aliphatic heterocycles. The molecule has 2 N–H and O–H groups in total. The molecule has 0 unspecified atom stereocenters. The van der Waals surface area contributed by atoms with Gasteiger partial charge in [-0.3, -0.25) is 9.11 Å². The predicted octanol–water partition coefficient (Wildman–Crippen LogP) is 0.809. The van der Waals surface area contributed by atoms with Crippen molar-refractivity contribution in [3.8, 4) is 0 Å². The summed E-state index contributed by atoms with van der Waals surface area (Å²) in [6, 6.07) is 0. The monoisotopic (exact) mass is 288 g/mol. The molecule has 0 bridgehead atoms. The van der Waals surface area contributed by atoms with E-state index in [1.165, 1.54) is 13.8 Å². The first-order valence-corrected chi connectivity index (χ1v) is 7.41. The summed E-state index contributed by atoms with van der Waals surface area (Å²) in [6.45, 7) is 5.70. The van der Waals surface area contributed by atoms with Gasteiger partial charge in [0.25, 0.3) is 10.1 Å². The molecule has 0 aliphatic carbocycles. The van der Waals surface area contributed by atoms with Gasteiger partial charge in [0.15, 0.2) is 0 Å². The number of rotatable bonds is 7. The minimum absolute atomic E-state index is 0.0551. The SMILES string of the molecule is C=C(CCC(C)(C)S(=O)(=O)O)COS(=O)(=O)O. The molecule has 0 rings (SSSR count). The molecule has 0 aromatic heterocycles. The van der Waals surface area contributed by atoms with E-state index in [2.05, 4.69) is 10.8 Å². The highest BCUT2D eigenvalue weighted by atomic mass is 32.3. The molecule has 102 valence electrons. The second-order valence-electron chi connectivity index (χ2n) is 4.17. The summed E-state index contributed by atoms with van der Waals surface area (Å²) in [5, 5.41) is 0. The molecule has 0 atom stereocenters. The first-order valence-electron chi connectivity index (χ1n) is 4.61. The smallest absolute Gasteiger partial charge is 0.285 e. The topological polar surface area (TPSA) is 118 Å². The van der Waals surface area contributed by atoms with Gasteiger partial charge in [-0.2, -0.15) is 16.8 Å². The Morgan fingerprint density at radius 3 is 2.06 bits per heavy atom. The van der Waals surface area contributed by atoms with Crippen LogP contribution in [0, 0.1) is 0 Å². The van der Waals surface area contributed by atoms with Crippen LogP contribution in [0.15, 0.2) is 12.2 Å². The lowest BCUT2D eigenvalue weighted by atomic mass is 10.0. The van der Waals surface area contributed by atoms with Gasteiger partial charge in [-0.1, -0.05) is 12.2 Å². The second-order valence-corrected chi connectivity index (χ2v) is 7.32. The minimum Gasteiger partial charge on any atom is -0.285 e. The average Bonchev–Trinajstić information content (AvgIpc) is 2.08. The molecular weight excluding hydrogens is 272 g/mol. The first kappa shape index (κ1) is 16.5. The summed E-state index contributed by atoms with van der Waals surface area (Å²) < 4.78 is 62.3. The van der Waals surface area contributed by atoms with E-state index in [4.69, 9.17) is 9.11 Å². The van der Waals surface area contributed by atoms with Crippen LogP contribution in [0.25, 0.3) is 0 Å². The maximum Gasteiger partial charge on any atom is 0.397 e. The fourth-order valence-corrected chi connectivity index (χ4v) is 1.51. The molecule has 9 heteroatoms. The van der Waals surface area contributed by atoms with E-state index >= 15 is 0 Å². The van der Waals surface area contributed by atoms with Crippen molar-refractivity contribution in [1.29, 1.82) is 0 Å². The van der Waals surface area contributed by atoms with Crippen LogP contribution in [-0.4, -0.2) is 37.3 Å². The third-order valence-corrected chi connectivity index (χ3v) is 4.21. The van der Waals surface area contributed by atoms with Crippen molar-refractivity contribution < 1.29 is 30.1 Å². The molecule has 0 aromatic rings. The third-order valence-electron chi connectivity index (χ3n) is 2.19. The van der Waals surface area contributed by atoms with Crippen LogP contribution in [0.3, 0.4) is 0 Å². The van der Waals surface area contributed by atoms with Crippen molar-refractivity contribution in [1.82, 2.24) is 0 Å². The van der Waals surface area contributed by atoms with Crippen LogP contribution in [0.5, 0.6) is 0 Å². The summed E-state index contributed by atoms with van der Waals surface area (Å²) >= 11 is 0. The van der Waals surface area contributed by atoms with Crippen molar-refractivity contribution in [2.24, 2.45) is 0 Å². The van der Waals surface area contributed by atoms with Crippen molar-refractivity contribution in [2.45, 2.75) is 31.4 Å². The molecule has 0 spiro atoms. The summed E-state index contributed by atoms with van der Waals surface area (Å²) in [5.41, 5.74) is 0.291. The molecule has 0 fully saturated rings. The quantitative estimate of drug-likeness (QED) is 0.525. The van der Waals surface area contributed by atoms with E-state index in [-0.39, 0.29) is 12.8 Å². The molecule has 7 nitrogen and oxygen atoms in total. The van der Waals surface area contributed by atoms with Crippen molar-refractivity contribution in [3.63, 3.8) is 0 Å². The highest BCUT2D eigenvalue weighted by Crippen LogP contribution is 2.23. The molecule has 0 aliphatic rings. The summed E-state index contributed by atoms with van der Waals surface area (Å²) in [6.07, 6.45) is 0.196. The Morgan fingerprint density at radius 2 is 1.71 bits per heavy atom. The van der Waals surface area contributed by atoms with E-state index in [9.17, 15) is 16.8 Å². The van der Waals surface area contributed by atoms with E-state index in [1.807, 2.05) is 0 Å². The molecule has 0 saturated carbocycles. The fourth-order valence-electron chi connectivity index (χ4n) is 0.837. The Balaban J connectivity index is 4.28.